The average Bonchev–Trinajstić information content (AvgIpc) is 2.09. The van der Waals surface area contributed by atoms with Gasteiger partial charge in [-0.25, -0.2) is 0 Å². The molecule has 0 atom stereocenters. The van der Waals surface area contributed by atoms with Gasteiger partial charge in [0, 0.05) is 0 Å². The molecule has 2 N–H and O–H groups in total. The van der Waals surface area contributed by atoms with Crippen molar-refractivity contribution < 1.29 is 14.4 Å². The van der Waals surface area contributed by atoms with Crippen LogP contribution in [0, 0.1) is 32.1 Å². The second kappa shape index (κ2) is 3.79. The van der Waals surface area contributed by atoms with E-state index in [1.165, 1.54) is 0 Å². The molecule has 0 fully saturated rings. The monoisotopic (exact) mass is 225 g/mol. The fourth-order valence-corrected chi connectivity index (χ4v) is 2.75. The van der Waals surface area contributed by atoms with Crippen LogP contribution in [0.4, 0.5) is 0 Å². The maximum absolute atomic E-state index is 11.3. The zero-order valence-electron chi connectivity index (χ0n) is 8.77. The highest BCUT2D eigenvalue weighted by Gasteiger charge is 2.25. The van der Waals surface area contributed by atoms with E-state index in [2.05, 4.69) is 0 Å². The molecule has 5 heteroatoms. The van der Waals surface area contributed by atoms with Crippen LogP contribution in [0.5, 0.6) is 0 Å². The molecule has 0 unspecified atom stereocenters. The molecule has 80 valence electrons. The predicted molar refractivity (Wildman–Crippen MR) is 57.0 cm³/mol. The van der Waals surface area contributed by atoms with Gasteiger partial charge in [0.2, 0.25) is 0 Å². The van der Waals surface area contributed by atoms with Gasteiger partial charge in [-0.05, 0) is 43.5 Å². The third kappa shape index (κ3) is 2.10. The molecule has 0 radical (unpaired) electrons. The standard InChI is InChI=1S/C10H12NO3P/c1-6-4-9(5-11)8(3)10(7(6)2)15(12,13)14/h4H,1-3H3,(H2,12,13,14). The number of hydrogen-bond acceptors (Lipinski definition) is 2. The van der Waals surface area contributed by atoms with E-state index < -0.39 is 7.60 Å². The summed E-state index contributed by atoms with van der Waals surface area (Å²) in [5.74, 6) is 0. The fourth-order valence-electron chi connectivity index (χ4n) is 1.58. The van der Waals surface area contributed by atoms with Crippen LogP contribution in [0.25, 0.3) is 0 Å². The minimum absolute atomic E-state index is 0.0148. The molecule has 0 heterocycles. The third-order valence-corrected chi connectivity index (χ3v) is 3.73. The summed E-state index contributed by atoms with van der Waals surface area (Å²) in [6.45, 7) is 4.94. The Labute approximate surface area is 88.3 Å². The first-order valence-electron chi connectivity index (χ1n) is 4.36. The molecule has 1 aromatic rings. The van der Waals surface area contributed by atoms with Crippen molar-refractivity contribution in [1.29, 1.82) is 5.26 Å². The zero-order chi connectivity index (χ0) is 11.8. The third-order valence-electron chi connectivity index (χ3n) is 2.48. The first kappa shape index (κ1) is 11.9. The Hall–Kier alpha value is -1.14. The van der Waals surface area contributed by atoms with Crippen molar-refractivity contribution in [2.24, 2.45) is 0 Å². The van der Waals surface area contributed by atoms with E-state index >= 15 is 0 Å². The van der Waals surface area contributed by atoms with Gasteiger partial charge in [0.1, 0.15) is 0 Å². The molecule has 0 bridgehead atoms. The molecule has 1 aromatic carbocycles. The molecular formula is C10H12NO3P. The second-order valence-electron chi connectivity index (χ2n) is 3.50. The van der Waals surface area contributed by atoms with Gasteiger partial charge in [-0.15, -0.1) is 0 Å². The van der Waals surface area contributed by atoms with Crippen molar-refractivity contribution in [2.75, 3.05) is 0 Å². The largest absolute Gasteiger partial charge is 0.356 e. The lowest BCUT2D eigenvalue weighted by Gasteiger charge is -2.14. The smallest absolute Gasteiger partial charge is 0.321 e. The van der Waals surface area contributed by atoms with Gasteiger partial charge in [-0.2, -0.15) is 5.26 Å². The van der Waals surface area contributed by atoms with Crippen molar-refractivity contribution in [2.45, 2.75) is 20.8 Å². The molecule has 0 aliphatic rings. The molecule has 0 aliphatic heterocycles. The second-order valence-corrected chi connectivity index (χ2v) is 5.03. The normalized spacial score (nSPS) is 11.2. The summed E-state index contributed by atoms with van der Waals surface area (Å²) in [5, 5.41) is 8.81. The lowest BCUT2D eigenvalue weighted by molar-refractivity contribution is 0.387. The minimum Gasteiger partial charge on any atom is -0.321 e. The van der Waals surface area contributed by atoms with E-state index in [9.17, 15) is 14.4 Å². The maximum Gasteiger partial charge on any atom is 0.356 e. The summed E-state index contributed by atoms with van der Waals surface area (Å²) in [7, 11) is -4.31. The van der Waals surface area contributed by atoms with Crippen molar-refractivity contribution in [3.63, 3.8) is 0 Å². The molecule has 1 rings (SSSR count). The van der Waals surface area contributed by atoms with Crippen molar-refractivity contribution in [1.82, 2.24) is 0 Å². The van der Waals surface area contributed by atoms with Gasteiger partial charge >= 0.3 is 7.60 Å². The highest BCUT2D eigenvalue weighted by Crippen LogP contribution is 2.37. The first-order chi connectivity index (χ1) is 6.79. The highest BCUT2D eigenvalue weighted by atomic mass is 31.2. The molecule has 0 spiro atoms. The van der Waals surface area contributed by atoms with Crippen LogP contribution < -0.4 is 5.30 Å². The summed E-state index contributed by atoms with van der Waals surface area (Å²) in [4.78, 5) is 18.4. The molecule has 0 saturated carbocycles. The number of hydrogen-bond donors (Lipinski definition) is 2. The quantitative estimate of drug-likeness (QED) is 0.705. The topological polar surface area (TPSA) is 81.3 Å². The fraction of sp³-hybridized carbons (Fsp3) is 0.300. The lowest BCUT2D eigenvalue weighted by Crippen LogP contribution is -2.15. The van der Waals surface area contributed by atoms with Crippen molar-refractivity contribution in [3.05, 3.63) is 28.3 Å². The Morgan fingerprint density at radius 3 is 2.20 bits per heavy atom. The van der Waals surface area contributed by atoms with Crippen LogP contribution in [-0.2, 0) is 4.57 Å². The van der Waals surface area contributed by atoms with Gasteiger partial charge < -0.3 is 9.79 Å². The van der Waals surface area contributed by atoms with Crippen molar-refractivity contribution in [3.8, 4) is 6.07 Å². The highest BCUT2D eigenvalue weighted by molar-refractivity contribution is 7.60. The summed E-state index contributed by atoms with van der Waals surface area (Å²) in [6, 6.07) is 3.58. The molecular weight excluding hydrogens is 213 g/mol. The van der Waals surface area contributed by atoms with E-state index in [-0.39, 0.29) is 5.30 Å². The predicted octanol–water partition coefficient (Wildman–Crippen LogP) is 1.29. The Morgan fingerprint density at radius 2 is 1.80 bits per heavy atom. The Balaban J connectivity index is 3.72. The average molecular weight is 225 g/mol. The van der Waals surface area contributed by atoms with E-state index in [1.54, 1.807) is 26.8 Å². The number of rotatable bonds is 1. The number of aryl methyl sites for hydroxylation is 1. The van der Waals surface area contributed by atoms with E-state index in [1.807, 2.05) is 6.07 Å². The molecule has 0 amide bonds. The summed E-state index contributed by atoms with van der Waals surface area (Å²) in [5.41, 5.74) is 1.96. The van der Waals surface area contributed by atoms with E-state index in [0.29, 0.717) is 16.7 Å². The zero-order valence-corrected chi connectivity index (χ0v) is 9.67. The minimum atomic E-state index is -4.31. The number of nitrogens with zero attached hydrogens (tertiary/aromatic N) is 1. The SMILES string of the molecule is Cc1cc(C#N)c(C)c(P(=O)(O)O)c1C. The molecule has 0 aromatic heterocycles. The first-order valence-corrected chi connectivity index (χ1v) is 5.97. The number of benzene rings is 1. The van der Waals surface area contributed by atoms with Crippen LogP contribution in [0.1, 0.15) is 22.3 Å². The molecule has 15 heavy (non-hydrogen) atoms. The van der Waals surface area contributed by atoms with Crippen LogP contribution >= 0.6 is 7.60 Å². The molecule has 0 aliphatic carbocycles. The van der Waals surface area contributed by atoms with E-state index in [4.69, 9.17) is 5.26 Å². The van der Waals surface area contributed by atoms with Gasteiger partial charge in [0.05, 0.1) is 16.9 Å². The Morgan fingerprint density at radius 1 is 1.27 bits per heavy atom. The van der Waals surface area contributed by atoms with E-state index in [0.717, 1.165) is 5.56 Å². The van der Waals surface area contributed by atoms with Gasteiger partial charge in [-0.1, -0.05) is 0 Å². The summed E-state index contributed by atoms with van der Waals surface area (Å²) in [6.07, 6.45) is 0. The van der Waals surface area contributed by atoms with Gasteiger partial charge in [0.15, 0.2) is 0 Å². The van der Waals surface area contributed by atoms with Crippen LogP contribution in [0.3, 0.4) is 0 Å². The van der Waals surface area contributed by atoms with Gasteiger partial charge in [-0.3, -0.25) is 4.57 Å². The van der Waals surface area contributed by atoms with Gasteiger partial charge in [0.25, 0.3) is 0 Å². The molecule has 0 saturated heterocycles. The van der Waals surface area contributed by atoms with Crippen LogP contribution in [0.15, 0.2) is 6.07 Å². The lowest BCUT2D eigenvalue weighted by atomic mass is 10.0. The summed E-state index contributed by atoms with van der Waals surface area (Å²) < 4.78 is 11.3. The van der Waals surface area contributed by atoms with Crippen LogP contribution in [-0.4, -0.2) is 9.79 Å². The molecule has 4 nitrogen and oxygen atoms in total. The van der Waals surface area contributed by atoms with Crippen molar-refractivity contribution >= 4 is 12.9 Å². The number of nitriles is 1. The summed E-state index contributed by atoms with van der Waals surface area (Å²) >= 11 is 0. The van der Waals surface area contributed by atoms with Crippen LogP contribution in [0.2, 0.25) is 0 Å². The maximum atomic E-state index is 11.3. The Bertz CT molecular complexity index is 496. The Kier molecular flexibility index (Phi) is 3.01.